The van der Waals surface area contributed by atoms with Gasteiger partial charge in [0.2, 0.25) is 41.4 Å². The number of halogens is 1. The van der Waals surface area contributed by atoms with Gasteiger partial charge >= 0.3 is 0 Å². The number of carbonyl (C=O) groups is 10. The second-order valence-corrected chi connectivity index (χ2v) is 38.0. The number of likely N-dealkylation sites (tertiary alicyclic amines) is 3. The topological polar surface area (TPSA) is 319 Å². The van der Waals surface area contributed by atoms with Crippen molar-refractivity contribution in [1.82, 2.24) is 54.7 Å². The van der Waals surface area contributed by atoms with Crippen LogP contribution in [0.2, 0.25) is 0 Å². The summed E-state index contributed by atoms with van der Waals surface area (Å²) in [6, 6.07) is 27.8. The highest BCUT2D eigenvalue weighted by atomic mass is 79.9. The Kier molecular flexibility index (Phi) is 21.0. The Labute approximate surface area is 681 Å². The van der Waals surface area contributed by atoms with Crippen LogP contribution in [0.25, 0.3) is 32.3 Å². The summed E-state index contributed by atoms with van der Waals surface area (Å²) in [7, 11) is -2.97. The lowest BCUT2D eigenvalue weighted by Gasteiger charge is -2.43. The first kappa shape index (κ1) is 77.5. The fraction of sp³-hybridized carbons (Fsp3) is 0.424. The summed E-state index contributed by atoms with van der Waals surface area (Å²) in [5.74, 6) is -0.746. The van der Waals surface area contributed by atoms with Crippen molar-refractivity contribution >= 4 is 158 Å². The molecule has 30 heteroatoms. The largest absolute Gasteiger partial charge is 0.342 e. The van der Waals surface area contributed by atoms with Gasteiger partial charge in [-0.2, -0.15) is 15.3 Å². The highest BCUT2D eigenvalue weighted by Gasteiger charge is 2.47. The van der Waals surface area contributed by atoms with E-state index in [1.165, 1.54) is 11.3 Å². The molecule has 0 radical (unpaired) electrons. The lowest BCUT2D eigenvalue weighted by atomic mass is 9.69. The third-order valence-corrected chi connectivity index (χ3v) is 30.1. The normalized spacial score (nSPS) is 21.8. The maximum Gasteiger partial charge on any atom is 0.259 e. The SMILES string of the molecule is CC1(C(=O)N2CCC(n3cc(S(=O)c4ccc5c6c(cccc46)C(=O)N5)cn3)CC2)CCC1.CC1(C(=O)N2CCC(n3cc(S(=O)c4ccc5c6c(cccc46)C(=O)N5C4CCC(=O)NC4=O)cn3)CC2)CCC1.CC1(C(=O)N2CCC(n3cc(Sc4ccc5c6c(cccc46)C(=O)N5)cn3)CC2)CCC1.O=C1CCC(Br)C(=O)N1. The molecule has 4 N–H and O–H groups in total. The van der Waals surface area contributed by atoms with Crippen molar-refractivity contribution in [3.8, 4) is 0 Å². The summed E-state index contributed by atoms with van der Waals surface area (Å²) < 4.78 is 33.2. The zero-order valence-electron chi connectivity index (χ0n) is 64.2. The summed E-state index contributed by atoms with van der Waals surface area (Å²) in [5, 5.41) is 29.2. The third kappa shape index (κ3) is 14.6. The molecule has 0 spiro atoms. The molecule has 115 heavy (non-hydrogen) atoms. The average Bonchev–Trinajstić information content (AvgIpc) is 1.56. The van der Waals surface area contributed by atoms with Crippen molar-refractivity contribution in [1.29, 1.82) is 0 Å². The smallest absolute Gasteiger partial charge is 0.259 e. The van der Waals surface area contributed by atoms with Gasteiger partial charge in [0.25, 0.3) is 17.7 Å². The molecule has 11 aliphatic rings. The average molecular weight is 1670 g/mol. The van der Waals surface area contributed by atoms with E-state index < -0.39 is 33.5 Å². The maximum absolute atomic E-state index is 13.8. The van der Waals surface area contributed by atoms with Gasteiger partial charge in [-0.1, -0.05) is 104 Å². The van der Waals surface area contributed by atoms with Gasteiger partial charge in [-0.05, 0) is 150 Å². The molecule has 6 aromatic carbocycles. The van der Waals surface area contributed by atoms with Crippen LogP contribution in [0.15, 0.2) is 158 Å². The van der Waals surface area contributed by atoms with Gasteiger partial charge in [0.15, 0.2) is 0 Å². The first-order valence-electron chi connectivity index (χ1n) is 39.9. The summed E-state index contributed by atoms with van der Waals surface area (Å²) in [6.45, 7) is 10.8. The fourth-order valence-electron chi connectivity index (χ4n) is 18.1. The van der Waals surface area contributed by atoms with E-state index in [4.69, 9.17) is 0 Å². The minimum atomic E-state index is -1.55. The Morgan fingerprint density at radius 2 is 0.878 bits per heavy atom. The molecule has 10 amide bonds. The summed E-state index contributed by atoms with van der Waals surface area (Å²) >= 11 is 4.80. The standard InChI is InChI=1S/C30H31N5O5S.C25H26N4O3S.C25H26N4O2S.C5H6BrNO2/c1-30(12-3-13-30)29(39)33-14-10-18(11-15-33)34-17-19(16-31-34)41(40)24-8-6-22-26-20(24)4-2-5-21(26)28(38)35(22)23-7-9-25(36)32-27(23)37;1-25(10-3-11-25)24(31)28-12-8-16(9-13-28)29-15-17(14-26-29)33(32)21-7-6-20-22-18(21)4-2-5-19(22)23(30)27-20;1-25(10-3-11-25)24(31)28-12-8-16(9-13-28)29-15-17(14-26-29)32-21-7-6-20-22-18(21)4-2-5-19(22)23(30)27-20;6-3-1-2-4(8)7-5(3)9/h2,4-6,8,16-18,23H,3,7,9-15H2,1H3,(H,32,36,37);2,4-7,14-16H,3,8-13H2,1H3,(H,27,30);2,4-7,14-16H,3,8-13H2,1H3,(H,27,30);3H,1-2H2,(H,7,8,9). The molecule has 5 saturated heterocycles. The van der Waals surface area contributed by atoms with Crippen molar-refractivity contribution in [3.05, 3.63) is 145 Å². The summed E-state index contributed by atoms with van der Waals surface area (Å²) in [4.78, 5) is 134. The van der Waals surface area contributed by atoms with Crippen molar-refractivity contribution < 1.29 is 56.4 Å². The zero-order chi connectivity index (χ0) is 79.9. The molecule has 3 saturated carbocycles. The molecule has 4 atom stereocenters. The second kappa shape index (κ2) is 31.2. The molecule has 596 valence electrons. The zero-order valence-corrected chi connectivity index (χ0v) is 68.2. The maximum atomic E-state index is 13.8. The number of hydrogen-bond acceptors (Lipinski definition) is 16. The van der Waals surface area contributed by atoms with Gasteiger partial charge in [-0.3, -0.25) is 77.5 Å². The first-order valence-corrected chi connectivity index (χ1v) is 43.9. The molecule has 20 rings (SSSR count). The molecule has 11 heterocycles. The van der Waals surface area contributed by atoms with Crippen LogP contribution in [-0.4, -0.2) is 162 Å². The third-order valence-electron chi connectivity index (χ3n) is 25.5. The van der Waals surface area contributed by atoms with Crippen LogP contribution >= 0.6 is 27.7 Å². The molecule has 3 aromatic heterocycles. The Morgan fingerprint density at radius 3 is 1.34 bits per heavy atom. The van der Waals surface area contributed by atoms with Gasteiger partial charge in [-0.15, -0.1) is 0 Å². The number of nitrogens with zero attached hydrogens (tertiary/aromatic N) is 10. The highest BCUT2D eigenvalue weighted by Crippen LogP contribution is 2.48. The van der Waals surface area contributed by atoms with Crippen LogP contribution in [0.1, 0.15) is 192 Å². The number of nitrogens with one attached hydrogen (secondary N) is 4. The molecule has 9 aromatic rings. The summed E-state index contributed by atoms with van der Waals surface area (Å²) in [6.07, 6.45) is 27.2. The Balaban J connectivity index is 0.000000119. The number of aromatic nitrogens is 6. The quantitative estimate of drug-likeness (QED) is 0.0615. The molecule has 8 fully saturated rings. The lowest BCUT2D eigenvalue weighted by molar-refractivity contribution is -0.148. The predicted octanol–water partition coefficient (Wildman–Crippen LogP) is 12.7. The molecule has 8 aliphatic heterocycles. The van der Waals surface area contributed by atoms with E-state index in [1.807, 2.05) is 86.3 Å². The van der Waals surface area contributed by atoms with Gasteiger partial charge in [-0.25, -0.2) is 8.42 Å². The monoisotopic (exact) mass is 1670 g/mol. The lowest BCUT2D eigenvalue weighted by Crippen LogP contribution is -2.53. The first-order chi connectivity index (χ1) is 55.4. The number of carbonyl (C=O) groups excluding carboxylic acids is 10. The van der Waals surface area contributed by atoms with E-state index in [2.05, 4.69) is 101 Å². The van der Waals surface area contributed by atoms with Gasteiger partial charge in [0, 0.05) is 147 Å². The Hall–Kier alpha value is -10.0. The predicted molar refractivity (Wildman–Crippen MR) is 436 cm³/mol. The number of piperidine rings is 5. The number of benzene rings is 6. The van der Waals surface area contributed by atoms with Crippen molar-refractivity contribution in [2.75, 3.05) is 54.8 Å². The van der Waals surface area contributed by atoms with Crippen molar-refractivity contribution in [2.24, 2.45) is 16.2 Å². The van der Waals surface area contributed by atoms with E-state index >= 15 is 0 Å². The minimum absolute atomic E-state index is 0.0308. The second-order valence-electron chi connectivity index (χ2n) is 32.9. The van der Waals surface area contributed by atoms with Crippen LogP contribution in [-0.2, 0) is 55.2 Å². The van der Waals surface area contributed by atoms with Crippen LogP contribution in [0, 0.1) is 16.2 Å². The Bertz CT molecular complexity index is 5580. The molecular weight excluding hydrogens is 1590 g/mol. The van der Waals surface area contributed by atoms with Crippen molar-refractivity contribution in [3.63, 3.8) is 0 Å². The fourth-order valence-corrected chi connectivity index (χ4v) is 21.7. The van der Waals surface area contributed by atoms with Crippen LogP contribution in [0.3, 0.4) is 0 Å². The number of imide groups is 2. The molecular formula is C85H89BrN14O12S3. The summed E-state index contributed by atoms with van der Waals surface area (Å²) in [5.41, 5.74) is 3.60. The van der Waals surface area contributed by atoms with E-state index in [0.29, 0.717) is 91.0 Å². The highest BCUT2D eigenvalue weighted by molar-refractivity contribution is 9.10. The number of rotatable bonds is 13. The van der Waals surface area contributed by atoms with Crippen molar-refractivity contribution in [2.45, 2.75) is 201 Å². The van der Waals surface area contributed by atoms with Gasteiger partial charge in [0.05, 0.1) is 93.3 Å². The minimum Gasteiger partial charge on any atom is -0.342 e. The van der Waals surface area contributed by atoms with E-state index in [1.54, 1.807) is 54.5 Å². The molecule has 3 aliphatic carbocycles. The molecule has 0 bridgehead atoms. The van der Waals surface area contributed by atoms with Gasteiger partial charge in [0.1, 0.15) is 6.04 Å². The number of amides is 10. The van der Waals surface area contributed by atoms with E-state index in [-0.39, 0.29) is 87.3 Å². The number of anilines is 3. The van der Waals surface area contributed by atoms with Crippen LogP contribution < -0.4 is 26.2 Å². The number of hydrogen-bond donors (Lipinski definition) is 4. The molecule has 26 nitrogen and oxygen atoms in total. The van der Waals surface area contributed by atoms with Crippen LogP contribution in [0.5, 0.6) is 0 Å². The van der Waals surface area contributed by atoms with Gasteiger partial charge < -0.3 is 25.3 Å². The molecule has 4 unspecified atom stereocenters. The van der Waals surface area contributed by atoms with E-state index in [9.17, 15) is 56.4 Å². The number of alkyl halides is 1. The van der Waals surface area contributed by atoms with E-state index in [0.717, 1.165) is 164 Å². The Morgan fingerprint density at radius 1 is 0.461 bits per heavy atom. The van der Waals surface area contributed by atoms with Crippen LogP contribution in [0.4, 0.5) is 17.1 Å².